The molecule has 0 saturated carbocycles. The Kier molecular flexibility index (Phi) is 4.82. The maximum absolute atomic E-state index is 6.25. The fraction of sp³-hybridized carbons (Fsp3) is 0.300. The fourth-order valence-corrected chi connectivity index (χ4v) is 3.52. The van der Waals surface area contributed by atoms with Crippen LogP contribution < -0.4 is 0 Å². The Morgan fingerprint density at radius 1 is 1.04 bits per heavy atom. The highest BCUT2D eigenvalue weighted by molar-refractivity contribution is 6.42. The molecule has 1 unspecified atom stereocenters. The Labute approximate surface area is 148 Å². The molecule has 1 aliphatic carbocycles. The van der Waals surface area contributed by atoms with Gasteiger partial charge < -0.3 is 4.90 Å². The highest BCUT2D eigenvalue weighted by Crippen LogP contribution is 2.41. The maximum Gasteiger partial charge on any atom is 0.0595 e. The first-order chi connectivity index (χ1) is 11.0. The Hall–Kier alpha value is -1.28. The second-order valence-corrected chi connectivity index (χ2v) is 7.23. The lowest BCUT2D eigenvalue weighted by molar-refractivity contribution is 0.343. The van der Waals surface area contributed by atoms with E-state index in [0.29, 0.717) is 22.0 Å². The number of benzene rings is 2. The number of hydrogen-bond acceptors (Lipinski definition) is 1. The van der Waals surface area contributed by atoms with Gasteiger partial charge in [0.2, 0.25) is 0 Å². The molecule has 2 aromatic carbocycles. The number of halogens is 2. The molecular formula is C20H21Cl2N. The summed E-state index contributed by atoms with van der Waals surface area (Å²) in [4.78, 5) is 2.26. The third-order valence-electron chi connectivity index (χ3n) is 4.81. The Bertz CT molecular complexity index is 749. The molecule has 0 amide bonds. The van der Waals surface area contributed by atoms with Crippen molar-refractivity contribution in [2.75, 3.05) is 14.1 Å². The average Bonchev–Trinajstić information content (AvgIpc) is 2.55. The smallest absolute Gasteiger partial charge is 0.0595 e. The third-order valence-corrected chi connectivity index (χ3v) is 5.55. The maximum atomic E-state index is 6.25. The van der Waals surface area contributed by atoms with Crippen LogP contribution in [0, 0.1) is 0 Å². The summed E-state index contributed by atoms with van der Waals surface area (Å²) in [6.45, 7) is 2.26. The quantitative estimate of drug-likeness (QED) is 0.672. The summed E-state index contributed by atoms with van der Waals surface area (Å²) < 4.78 is 0. The van der Waals surface area contributed by atoms with Crippen molar-refractivity contribution in [3.8, 4) is 0 Å². The zero-order valence-corrected chi connectivity index (χ0v) is 15.2. The van der Waals surface area contributed by atoms with Crippen LogP contribution >= 0.6 is 23.2 Å². The molecule has 0 N–H and O–H groups in total. The summed E-state index contributed by atoms with van der Waals surface area (Å²) >= 11 is 12.3. The number of likely N-dealkylation sites (N-methyl/N-ethyl adjacent to an activating group) is 1. The van der Waals surface area contributed by atoms with E-state index in [9.17, 15) is 0 Å². The molecule has 1 aliphatic rings. The molecule has 0 heterocycles. The highest BCUT2D eigenvalue weighted by atomic mass is 35.5. The van der Waals surface area contributed by atoms with Gasteiger partial charge in [0, 0.05) is 12.0 Å². The van der Waals surface area contributed by atoms with Crippen LogP contribution in [-0.2, 0) is 0 Å². The molecule has 3 heteroatoms. The lowest BCUT2D eigenvalue weighted by Crippen LogP contribution is -2.28. The SMILES string of the molecule is CC(C1=Cc2ccccc2[C@H](c2ccc(Cl)c(Cl)c2)C1)N(C)C. The van der Waals surface area contributed by atoms with Crippen molar-refractivity contribution in [1.29, 1.82) is 0 Å². The van der Waals surface area contributed by atoms with Crippen LogP contribution in [-0.4, -0.2) is 25.0 Å². The van der Waals surface area contributed by atoms with Crippen molar-refractivity contribution in [2.45, 2.75) is 25.3 Å². The Morgan fingerprint density at radius 2 is 1.78 bits per heavy atom. The highest BCUT2D eigenvalue weighted by Gasteiger charge is 2.26. The van der Waals surface area contributed by atoms with Gasteiger partial charge in [-0.05, 0) is 56.3 Å². The topological polar surface area (TPSA) is 3.24 Å². The molecule has 23 heavy (non-hydrogen) atoms. The normalized spacial score (nSPS) is 18.5. The molecule has 0 bridgehead atoms. The monoisotopic (exact) mass is 345 g/mol. The second kappa shape index (κ2) is 6.68. The van der Waals surface area contributed by atoms with Crippen LogP contribution in [0.25, 0.3) is 6.08 Å². The molecule has 1 nitrogen and oxygen atoms in total. The van der Waals surface area contributed by atoms with Gasteiger partial charge in [0.25, 0.3) is 0 Å². The van der Waals surface area contributed by atoms with E-state index in [0.717, 1.165) is 6.42 Å². The average molecular weight is 346 g/mol. The molecule has 0 spiro atoms. The standard InChI is InChI=1S/C20H21Cl2N/c1-13(23(2)3)16-10-14-6-4-5-7-17(14)18(11-16)15-8-9-19(21)20(22)12-15/h4-10,12-13,18H,11H2,1-3H3/t13?,18-/m0/s1. The van der Waals surface area contributed by atoms with E-state index >= 15 is 0 Å². The van der Waals surface area contributed by atoms with Gasteiger partial charge in [-0.25, -0.2) is 0 Å². The van der Waals surface area contributed by atoms with E-state index in [1.165, 1.54) is 22.3 Å². The second-order valence-electron chi connectivity index (χ2n) is 6.42. The van der Waals surface area contributed by atoms with Gasteiger partial charge in [0.05, 0.1) is 10.0 Å². The van der Waals surface area contributed by atoms with Crippen LogP contribution in [0.5, 0.6) is 0 Å². The van der Waals surface area contributed by atoms with Crippen molar-refractivity contribution >= 4 is 29.3 Å². The third kappa shape index (κ3) is 3.33. The van der Waals surface area contributed by atoms with Crippen LogP contribution in [0.3, 0.4) is 0 Å². The van der Waals surface area contributed by atoms with E-state index < -0.39 is 0 Å². The van der Waals surface area contributed by atoms with E-state index in [1.807, 2.05) is 12.1 Å². The van der Waals surface area contributed by atoms with Crippen LogP contribution in [0.15, 0.2) is 48.0 Å². The van der Waals surface area contributed by atoms with Gasteiger partial charge >= 0.3 is 0 Å². The Morgan fingerprint density at radius 3 is 2.48 bits per heavy atom. The van der Waals surface area contributed by atoms with Crippen molar-refractivity contribution in [2.24, 2.45) is 0 Å². The van der Waals surface area contributed by atoms with Crippen molar-refractivity contribution < 1.29 is 0 Å². The number of rotatable bonds is 3. The molecular weight excluding hydrogens is 325 g/mol. The molecule has 3 rings (SSSR count). The fourth-order valence-electron chi connectivity index (χ4n) is 3.21. The number of hydrogen-bond donors (Lipinski definition) is 0. The number of nitrogens with zero attached hydrogens (tertiary/aromatic N) is 1. The summed E-state index contributed by atoms with van der Waals surface area (Å²) in [7, 11) is 4.25. The molecule has 0 radical (unpaired) electrons. The zero-order valence-electron chi connectivity index (χ0n) is 13.7. The summed E-state index contributed by atoms with van der Waals surface area (Å²) in [5.74, 6) is 0.323. The van der Waals surface area contributed by atoms with Gasteiger partial charge in [-0.3, -0.25) is 0 Å². The summed E-state index contributed by atoms with van der Waals surface area (Å²) in [6, 6.07) is 15.0. The van der Waals surface area contributed by atoms with E-state index in [-0.39, 0.29) is 0 Å². The van der Waals surface area contributed by atoms with Gasteiger partial charge in [-0.1, -0.05) is 65.2 Å². The van der Waals surface area contributed by atoms with Crippen molar-refractivity contribution in [3.05, 3.63) is 74.8 Å². The van der Waals surface area contributed by atoms with Crippen LogP contribution in [0.4, 0.5) is 0 Å². The first-order valence-corrected chi connectivity index (χ1v) is 8.63. The van der Waals surface area contributed by atoms with Gasteiger partial charge in [0.15, 0.2) is 0 Å². The molecule has 0 saturated heterocycles. The molecule has 0 fully saturated rings. The predicted molar refractivity (Wildman–Crippen MR) is 100 cm³/mol. The first kappa shape index (κ1) is 16.6. The lowest BCUT2D eigenvalue weighted by Gasteiger charge is -2.31. The van der Waals surface area contributed by atoms with Crippen molar-refractivity contribution in [1.82, 2.24) is 4.90 Å². The number of fused-ring (bicyclic) bond motifs is 1. The minimum Gasteiger partial charge on any atom is -0.303 e. The molecule has 120 valence electrons. The lowest BCUT2D eigenvalue weighted by atomic mass is 9.77. The summed E-state index contributed by atoms with van der Waals surface area (Å²) in [5, 5.41) is 1.23. The molecule has 0 aromatic heterocycles. The van der Waals surface area contributed by atoms with Gasteiger partial charge in [-0.2, -0.15) is 0 Å². The largest absolute Gasteiger partial charge is 0.303 e. The summed E-state index contributed by atoms with van der Waals surface area (Å²) in [6.07, 6.45) is 3.35. The molecule has 0 aliphatic heterocycles. The summed E-state index contributed by atoms with van der Waals surface area (Å²) in [5.41, 5.74) is 5.34. The van der Waals surface area contributed by atoms with E-state index in [1.54, 1.807) is 0 Å². The first-order valence-electron chi connectivity index (χ1n) is 7.88. The van der Waals surface area contributed by atoms with Gasteiger partial charge in [0.1, 0.15) is 0 Å². The zero-order chi connectivity index (χ0) is 16.6. The van der Waals surface area contributed by atoms with E-state index in [4.69, 9.17) is 23.2 Å². The van der Waals surface area contributed by atoms with Crippen molar-refractivity contribution in [3.63, 3.8) is 0 Å². The molecule has 2 atom stereocenters. The minimum absolute atomic E-state index is 0.323. The van der Waals surface area contributed by atoms with Crippen LogP contribution in [0.1, 0.15) is 36.0 Å². The van der Waals surface area contributed by atoms with Gasteiger partial charge in [-0.15, -0.1) is 0 Å². The van der Waals surface area contributed by atoms with E-state index in [2.05, 4.69) is 62.3 Å². The molecule has 2 aromatic rings. The Balaban J connectivity index is 2.07. The predicted octanol–water partition coefficient (Wildman–Crippen LogP) is 5.86. The minimum atomic E-state index is 0.323. The van der Waals surface area contributed by atoms with Crippen LogP contribution in [0.2, 0.25) is 10.0 Å².